The number of thioether (sulfide) groups is 1. The molecule has 15 heavy (non-hydrogen) atoms. The first-order valence-corrected chi connectivity index (χ1v) is 6.95. The van der Waals surface area contributed by atoms with Gasteiger partial charge in [-0.2, -0.15) is 11.8 Å². The Morgan fingerprint density at radius 1 is 1.33 bits per heavy atom. The Kier molecular flexibility index (Phi) is 7.93. The van der Waals surface area contributed by atoms with Gasteiger partial charge in [0.05, 0.1) is 0 Å². The van der Waals surface area contributed by atoms with Gasteiger partial charge in [0.2, 0.25) is 5.91 Å². The van der Waals surface area contributed by atoms with Crippen LogP contribution in [0, 0.1) is 5.41 Å². The first kappa shape index (κ1) is 14.8. The zero-order valence-corrected chi connectivity index (χ0v) is 11.4. The van der Waals surface area contributed by atoms with Crippen molar-refractivity contribution in [3.8, 4) is 0 Å². The van der Waals surface area contributed by atoms with Crippen molar-refractivity contribution in [2.75, 3.05) is 18.1 Å². The second-order valence-electron chi connectivity index (χ2n) is 5.07. The fourth-order valence-corrected chi connectivity index (χ4v) is 2.12. The number of carbonyl (C=O) groups excluding carboxylic acids is 1. The van der Waals surface area contributed by atoms with Gasteiger partial charge < -0.3 is 5.32 Å². The van der Waals surface area contributed by atoms with Gasteiger partial charge in [-0.25, -0.2) is 0 Å². The van der Waals surface area contributed by atoms with Crippen LogP contribution in [0.3, 0.4) is 0 Å². The van der Waals surface area contributed by atoms with Gasteiger partial charge in [0.15, 0.2) is 0 Å². The van der Waals surface area contributed by atoms with Gasteiger partial charge in [-0.05, 0) is 17.6 Å². The second kappa shape index (κ2) is 8.03. The maximum absolute atomic E-state index is 11.3. The van der Waals surface area contributed by atoms with Gasteiger partial charge >= 0.3 is 0 Å². The Morgan fingerprint density at radius 2 is 2.00 bits per heavy atom. The van der Waals surface area contributed by atoms with Gasteiger partial charge in [0, 0.05) is 18.7 Å². The maximum atomic E-state index is 11.3. The third-order valence-electron chi connectivity index (χ3n) is 1.86. The van der Waals surface area contributed by atoms with E-state index in [2.05, 4.69) is 33.0 Å². The van der Waals surface area contributed by atoms with Crippen LogP contribution in [0.15, 0.2) is 0 Å². The zero-order valence-electron chi connectivity index (χ0n) is 10.6. The molecule has 0 aliphatic heterocycles. The van der Waals surface area contributed by atoms with E-state index in [1.807, 2.05) is 11.8 Å². The van der Waals surface area contributed by atoms with Crippen LogP contribution in [0.2, 0.25) is 0 Å². The van der Waals surface area contributed by atoms with E-state index < -0.39 is 0 Å². The summed E-state index contributed by atoms with van der Waals surface area (Å²) in [4.78, 5) is 11.3. The number of hydrogen-bond donors (Lipinski definition) is 1. The predicted octanol–water partition coefficient (Wildman–Crippen LogP) is 3.07. The number of amides is 1. The minimum atomic E-state index is 0.199. The van der Waals surface area contributed by atoms with Crippen LogP contribution >= 0.6 is 11.8 Å². The van der Waals surface area contributed by atoms with Crippen LogP contribution in [0.5, 0.6) is 0 Å². The van der Waals surface area contributed by atoms with E-state index in [-0.39, 0.29) is 5.91 Å². The molecule has 0 aromatic carbocycles. The SMILES string of the molecule is CCCCNC(=O)CCSCC(C)(C)C. The molecular weight excluding hydrogens is 206 g/mol. The van der Waals surface area contributed by atoms with E-state index in [9.17, 15) is 4.79 Å². The zero-order chi connectivity index (χ0) is 11.7. The van der Waals surface area contributed by atoms with Gasteiger partial charge in [0.1, 0.15) is 0 Å². The summed E-state index contributed by atoms with van der Waals surface area (Å²) >= 11 is 1.87. The van der Waals surface area contributed by atoms with Gasteiger partial charge in [-0.15, -0.1) is 0 Å². The summed E-state index contributed by atoms with van der Waals surface area (Å²) in [5.41, 5.74) is 0.364. The number of hydrogen-bond acceptors (Lipinski definition) is 2. The number of nitrogens with one attached hydrogen (secondary N) is 1. The molecule has 0 fully saturated rings. The largest absolute Gasteiger partial charge is 0.356 e. The molecule has 0 bridgehead atoms. The van der Waals surface area contributed by atoms with Crippen LogP contribution in [0.25, 0.3) is 0 Å². The molecule has 90 valence electrons. The molecule has 0 aromatic rings. The van der Waals surface area contributed by atoms with Crippen molar-refractivity contribution < 1.29 is 4.79 Å². The van der Waals surface area contributed by atoms with Crippen molar-refractivity contribution in [3.05, 3.63) is 0 Å². The fourth-order valence-electron chi connectivity index (χ4n) is 1.04. The van der Waals surface area contributed by atoms with Gasteiger partial charge in [0.25, 0.3) is 0 Å². The second-order valence-corrected chi connectivity index (χ2v) is 6.17. The molecule has 0 radical (unpaired) electrons. The highest BCUT2D eigenvalue weighted by Crippen LogP contribution is 2.20. The average molecular weight is 231 g/mol. The summed E-state index contributed by atoms with van der Waals surface area (Å²) in [7, 11) is 0. The van der Waals surface area contributed by atoms with Crippen molar-refractivity contribution in [3.63, 3.8) is 0 Å². The summed E-state index contributed by atoms with van der Waals surface area (Å²) in [5.74, 6) is 2.26. The van der Waals surface area contributed by atoms with Crippen LogP contribution < -0.4 is 5.32 Å². The minimum absolute atomic E-state index is 0.199. The summed E-state index contributed by atoms with van der Waals surface area (Å²) < 4.78 is 0. The van der Waals surface area contributed by atoms with E-state index in [1.54, 1.807) is 0 Å². The Bertz CT molecular complexity index is 175. The molecule has 0 unspecified atom stereocenters. The van der Waals surface area contributed by atoms with E-state index in [1.165, 1.54) is 0 Å². The third-order valence-corrected chi connectivity index (χ3v) is 3.42. The monoisotopic (exact) mass is 231 g/mol. The molecule has 0 heterocycles. The number of rotatable bonds is 7. The summed E-state index contributed by atoms with van der Waals surface area (Å²) in [6.07, 6.45) is 2.88. The molecule has 1 amide bonds. The topological polar surface area (TPSA) is 29.1 Å². The lowest BCUT2D eigenvalue weighted by atomic mass is 10.0. The third kappa shape index (κ3) is 11.7. The lowest BCUT2D eigenvalue weighted by Crippen LogP contribution is -2.24. The van der Waals surface area contributed by atoms with E-state index in [0.29, 0.717) is 11.8 Å². The van der Waals surface area contributed by atoms with Crippen LogP contribution in [0.4, 0.5) is 0 Å². The summed E-state index contributed by atoms with van der Waals surface area (Å²) in [6, 6.07) is 0. The standard InChI is InChI=1S/C12H25NOS/c1-5-6-8-13-11(14)7-9-15-10-12(2,3)4/h5-10H2,1-4H3,(H,13,14). The average Bonchev–Trinajstić information content (AvgIpc) is 2.11. The number of unbranched alkanes of at least 4 members (excludes halogenated alkanes) is 1. The van der Waals surface area contributed by atoms with Crippen molar-refractivity contribution in [2.24, 2.45) is 5.41 Å². The van der Waals surface area contributed by atoms with Crippen LogP contribution in [-0.4, -0.2) is 24.0 Å². The van der Waals surface area contributed by atoms with Crippen molar-refractivity contribution >= 4 is 17.7 Å². The van der Waals surface area contributed by atoms with Crippen molar-refractivity contribution in [1.82, 2.24) is 5.32 Å². The fraction of sp³-hybridized carbons (Fsp3) is 0.917. The number of carbonyl (C=O) groups is 1. The molecule has 2 nitrogen and oxygen atoms in total. The molecule has 0 atom stereocenters. The first-order valence-electron chi connectivity index (χ1n) is 5.80. The molecule has 0 saturated heterocycles. The predicted molar refractivity (Wildman–Crippen MR) is 69.3 cm³/mol. The Balaban J connectivity index is 3.32. The molecule has 0 aliphatic rings. The lowest BCUT2D eigenvalue weighted by Gasteiger charge is -2.16. The van der Waals surface area contributed by atoms with Crippen LogP contribution in [-0.2, 0) is 4.79 Å². The quantitative estimate of drug-likeness (QED) is 0.682. The highest BCUT2D eigenvalue weighted by atomic mass is 32.2. The van der Waals surface area contributed by atoms with Gasteiger partial charge in [-0.3, -0.25) is 4.79 Å². The van der Waals surface area contributed by atoms with Crippen molar-refractivity contribution in [1.29, 1.82) is 0 Å². The highest BCUT2D eigenvalue weighted by Gasteiger charge is 2.10. The van der Waals surface area contributed by atoms with E-state index >= 15 is 0 Å². The van der Waals surface area contributed by atoms with Gasteiger partial charge in [-0.1, -0.05) is 34.1 Å². The Labute approximate surface area is 98.6 Å². The lowest BCUT2D eigenvalue weighted by molar-refractivity contribution is -0.120. The molecule has 0 spiro atoms. The Morgan fingerprint density at radius 3 is 2.53 bits per heavy atom. The normalized spacial score (nSPS) is 11.5. The molecule has 0 saturated carbocycles. The summed E-state index contributed by atoms with van der Waals surface area (Å²) in [6.45, 7) is 9.63. The van der Waals surface area contributed by atoms with Crippen molar-refractivity contribution in [2.45, 2.75) is 47.0 Å². The molecule has 0 rings (SSSR count). The molecular formula is C12H25NOS. The Hall–Kier alpha value is -0.180. The maximum Gasteiger partial charge on any atom is 0.220 e. The first-order chi connectivity index (χ1) is 6.95. The van der Waals surface area contributed by atoms with Crippen LogP contribution in [0.1, 0.15) is 47.0 Å². The van der Waals surface area contributed by atoms with E-state index in [4.69, 9.17) is 0 Å². The molecule has 3 heteroatoms. The molecule has 0 aromatic heterocycles. The minimum Gasteiger partial charge on any atom is -0.356 e. The highest BCUT2D eigenvalue weighted by molar-refractivity contribution is 7.99. The molecule has 1 N–H and O–H groups in total. The molecule has 0 aliphatic carbocycles. The summed E-state index contributed by atoms with van der Waals surface area (Å²) in [5, 5.41) is 2.93. The van der Waals surface area contributed by atoms with E-state index in [0.717, 1.165) is 30.9 Å². The smallest absolute Gasteiger partial charge is 0.220 e.